The zero-order chi connectivity index (χ0) is 26.8. The van der Waals surface area contributed by atoms with Gasteiger partial charge in [0.1, 0.15) is 0 Å². The molecule has 9 nitrogen and oxygen atoms in total. The zero-order valence-electron chi connectivity index (χ0n) is 21.6. The van der Waals surface area contributed by atoms with Gasteiger partial charge in [-0.3, -0.25) is 9.59 Å². The summed E-state index contributed by atoms with van der Waals surface area (Å²) in [6, 6.07) is 12.3. The molecule has 4 aromatic rings. The quantitative estimate of drug-likeness (QED) is 0.406. The summed E-state index contributed by atoms with van der Waals surface area (Å²) in [5, 5.41) is 10.8. The lowest BCUT2D eigenvalue weighted by Gasteiger charge is -2.25. The van der Waals surface area contributed by atoms with Gasteiger partial charge in [0.25, 0.3) is 11.5 Å². The summed E-state index contributed by atoms with van der Waals surface area (Å²) in [7, 11) is 3.47. The van der Waals surface area contributed by atoms with Crippen molar-refractivity contribution in [3.63, 3.8) is 0 Å². The van der Waals surface area contributed by atoms with Crippen molar-refractivity contribution in [1.82, 2.24) is 29.8 Å². The molecule has 10 heteroatoms. The van der Waals surface area contributed by atoms with E-state index in [1.54, 1.807) is 19.2 Å². The number of methoxy groups -OCH3 is 1. The molecular weight excluding hydrogens is 487 g/mol. The minimum Gasteiger partial charge on any atom is -0.494 e. The second-order valence-electron chi connectivity index (χ2n) is 9.54. The molecule has 2 aromatic carbocycles. The predicted octanol–water partition coefficient (Wildman–Crippen LogP) is 2.85. The van der Waals surface area contributed by atoms with E-state index in [9.17, 15) is 9.59 Å². The molecule has 0 bridgehead atoms. The van der Waals surface area contributed by atoms with Gasteiger partial charge < -0.3 is 19.5 Å². The van der Waals surface area contributed by atoms with Gasteiger partial charge in [0.15, 0.2) is 11.6 Å². The Balaban J connectivity index is 1.36. The lowest BCUT2D eigenvalue weighted by molar-refractivity contribution is 0.0949. The molecule has 3 heterocycles. The van der Waals surface area contributed by atoms with Crippen LogP contribution in [0, 0.1) is 12.7 Å². The van der Waals surface area contributed by atoms with Gasteiger partial charge in [-0.15, -0.1) is 5.10 Å². The number of halogens is 1. The highest BCUT2D eigenvalue weighted by Gasteiger charge is 2.18. The predicted molar refractivity (Wildman–Crippen MR) is 140 cm³/mol. The largest absolute Gasteiger partial charge is 0.494 e. The average molecular weight is 517 g/mol. The number of carbonyl (C=O) groups excluding carboxylic acids is 1. The van der Waals surface area contributed by atoms with Crippen molar-refractivity contribution < 1.29 is 13.9 Å². The standard InChI is InChI=1S/C28H29FN6O3/c1-18-14-35(32-31-18)24-7-8-25(38-3)27(29)23(24)13-30-28(37)21-6-9-26(36)34(17-21)15-19-4-5-20-10-11-33(2)16-22(20)12-19/h4-9,12,14,17H,10-11,13,15-16H2,1-3H3,(H,30,37). The van der Waals surface area contributed by atoms with Crippen LogP contribution >= 0.6 is 0 Å². The van der Waals surface area contributed by atoms with Crippen LogP contribution in [0.4, 0.5) is 4.39 Å². The Morgan fingerprint density at radius 1 is 1.13 bits per heavy atom. The van der Waals surface area contributed by atoms with Crippen LogP contribution in [0.5, 0.6) is 5.75 Å². The number of amides is 1. The Labute approximate surface area is 219 Å². The molecule has 1 aliphatic heterocycles. The molecule has 5 rings (SSSR count). The Bertz CT molecular complexity index is 1560. The van der Waals surface area contributed by atoms with Crippen LogP contribution in [0.1, 0.15) is 38.3 Å². The number of pyridine rings is 1. The van der Waals surface area contributed by atoms with Crippen molar-refractivity contribution in [2.45, 2.75) is 33.0 Å². The highest BCUT2D eigenvalue weighted by atomic mass is 19.1. The fourth-order valence-corrected chi connectivity index (χ4v) is 4.70. The van der Waals surface area contributed by atoms with E-state index in [0.717, 1.165) is 25.1 Å². The maximum absolute atomic E-state index is 15.2. The summed E-state index contributed by atoms with van der Waals surface area (Å²) in [4.78, 5) is 27.9. The normalized spacial score (nSPS) is 13.3. The number of carbonyl (C=O) groups is 1. The fraction of sp³-hybridized carbons (Fsp3) is 0.286. The number of rotatable bonds is 7. The van der Waals surface area contributed by atoms with Gasteiger partial charge in [-0.2, -0.15) is 0 Å². The van der Waals surface area contributed by atoms with Crippen molar-refractivity contribution in [3.05, 3.63) is 105 Å². The Hall–Kier alpha value is -4.31. The Morgan fingerprint density at radius 2 is 1.97 bits per heavy atom. The van der Waals surface area contributed by atoms with Crippen LogP contribution in [-0.2, 0) is 26.1 Å². The number of nitrogens with one attached hydrogen (secondary N) is 1. The molecule has 1 aliphatic rings. The smallest absolute Gasteiger partial charge is 0.253 e. The number of benzene rings is 2. The van der Waals surface area contributed by atoms with Crippen molar-refractivity contribution in [3.8, 4) is 11.4 Å². The number of nitrogens with zero attached hydrogens (tertiary/aromatic N) is 5. The molecule has 0 radical (unpaired) electrons. The van der Waals surface area contributed by atoms with Gasteiger partial charge in [0, 0.05) is 37.5 Å². The number of hydrogen-bond donors (Lipinski definition) is 1. The van der Waals surface area contributed by atoms with Gasteiger partial charge in [-0.1, -0.05) is 23.4 Å². The van der Waals surface area contributed by atoms with E-state index in [1.165, 1.54) is 51.9 Å². The van der Waals surface area contributed by atoms with E-state index < -0.39 is 11.7 Å². The summed E-state index contributed by atoms with van der Waals surface area (Å²) in [6.45, 7) is 3.91. The Kier molecular flexibility index (Phi) is 7.06. The first-order valence-corrected chi connectivity index (χ1v) is 12.3. The summed E-state index contributed by atoms with van der Waals surface area (Å²) >= 11 is 0. The first-order chi connectivity index (χ1) is 18.3. The molecule has 0 unspecified atom stereocenters. The molecule has 1 amide bonds. The molecule has 0 saturated carbocycles. The maximum Gasteiger partial charge on any atom is 0.253 e. The van der Waals surface area contributed by atoms with E-state index in [4.69, 9.17) is 4.74 Å². The van der Waals surface area contributed by atoms with Crippen LogP contribution in [0.2, 0.25) is 0 Å². The molecule has 0 atom stereocenters. The molecule has 38 heavy (non-hydrogen) atoms. The van der Waals surface area contributed by atoms with E-state index in [1.807, 2.05) is 6.07 Å². The Morgan fingerprint density at radius 3 is 2.74 bits per heavy atom. The van der Waals surface area contributed by atoms with Crippen molar-refractivity contribution in [2.24, 2.45) is 0 Å². The third-order valence-electron chi connectivity index (χ3n) is 6.76. The molecule has 196 valence electrons. The van der Waals surface area contributed by atoms with Crippen LogP contribution in [-0.4, -0.2) is 51.1 Å². The highest BCUT2D eigenvalue weighted by Crippen LogP contribution is 2.26. The summed E-state index contributed by atoms with van der Waals surface area (Å²) < 4.78 is 23.3. The van der Waals surface area contributed by atoms with E-state index in [2.05, 4.69) is 39.7 Å². The molecule has 1 N–H and O–H groups in total. The van der Waals surface area contributed by atoms with Gasteiger partial charge in [0.2, 0.25) is 0 Å². The molecule has 0 aliphatic carbocycles. The number of aryl methyl sites for hydroxylation is 1. The van der Waals surface area contributed by atoms with Crippen molar-refractivity contribution in [2.75, 3.05) is 20.7 Å². The minimum atomic E-state index is -0.596. The second kappa shape index (κ2) is 10.6. The van der Waals surface area contributed by atoms with Gasteiger partial charge in [0.05, 0.1) is 36.8 Å². The molecule has 0 saturated heterocycles. The third-order valence-corrected chi connectivity index (χ3v) is 6.76. The van der Waals surface area contributed by atoms with Crippen LogP contribution in [0.25, 0.3) is 5.69 Å². The van der Waals surface area contributed by atoms with Crippen molar-refractivity contribution in [1.29, 1.82) is 0 Å². The SMILES string of the molecule is COc1ccc(-n2cc(C)nn2)c(CNC(=O)c2ccc(=O)n(Cc3ccc4c(c3)CN(C)CC4)c2)c1F. The second-order valence-corrected chi connectivity index (χ2v) is 9.54. The lowest BCUT2D eigenvalue weighted by atomic mass is 9.97. The van der Waals surface area contributed by atoms with Gasteiger partial charge in [-0.05, 0) is 55.3 Å². The third kappa shape index (κ3) is 5.21. The fourth-order valence-electron chi connectivity index (χ4n) is 4.70. The highest BCUT2D eigenvalue weighted by molar-refractivity contribution is 5.93. The molecular formula is C28H29FN6O3. The monoisotopic (exact) mass is 516 g/mol. The van der Waals surface area contributed by atoms with Crippen molar-refractivity contribution >= 4 is 5.91 Å². The first-order valence-electron chi connectivity index (χ1n) is 12.3. The van der Waals surface area contributed by atoms with Gasteiger partial charge in [-0.25, -0.2) is 9.07 Å². The number of hydrogen-bond acceptors (Lipinski definition) is 6. The molecule has 2 aromatic heterocycles. The maximum atomic E-state index is 15.2. The topological polar surface area (TPSA) is 94.3 Å². The van der Waals surface area contributed by atoms with E-state index in [-0.39, 0.29) is 23.4 Å². The average Bonchev–Trinajstić information content (AvgIpc) is 3.34. The molecule has 0 spiro atoms. The first kappa shape index (κ1) is 25.3. The summed E-state index contributed by atoms with van der Waals surface area (Å²) in [5.41, 5.74) is 4.98. The number of ether oxygens (including phenoxy) is 1. The van der Waals surface area contributed by atoms with E-state index in [0.29, 0.717) is 23.5 Å². The van der Waals surface area contributed by atoms with E-state index >= 15 is 4.39 Å². The molecule has 0 fully saturated rings. The minimum absolute atomic E-state index is 0.0552. The summed E-state index contributed by atoms with van der Waals surface area (Å²) in [5.74, 6) is -0.977. The number of fused-ring (bicyclic) bond motifs is 1. The van der Waals surface area contributed by atoms with Gasteiger partial charge >= 0.3 is 0 Å². The van der Waals surface area contributed by atoms with Crippen LogP contribution < -0.4 is 15.6 Å². The number of aromatic nitrogens is 4. The lowest BCUT2D eigenvalue weighted by Crippen LogP contribution is -2.28. The van der Waals surface area contributed by atoms with Crippen LogP contribution in [0.15, 0.2) is 59.7 Å². The van der Waals surface area contributed by atoms with Crippen LogP contribution in [0.3, 0.4) is 0 Å². The number of likely N-dealkylation sites (N-methyl/N-ethyl adjacent to an activating group) is 1. The summed E-state index contributed by atoms with van der Waals surface area (Å²) in [6.07, 6.45) is 4.21. The zero-order valence-corrected chi connectivity index (χ0v) is 21.6.